The molecule has 102 valence electrons. The Labute approximate surface area is 113 Å². The molecule has 1 heterocycles. The Morgan fingerprint density at radius 3 is 2.79 bits per heavy atom. The van der Waals surface area contributed by atoms with Crippen molar-refractivity contribution >= 4 is 22.5 Å². The van der Waals surface area contributed by atoms with Crippen molar-refractivity contribution < 1.29 is 4.79 Å². The van der Waals surface area contributed by atoms with E-state index in [1.165, 1.54) is 0 Å². The number of aryl methyl sites for hydroxylation is 1. The largest absolute Gasteiger partial charge is 0.357 e. The van der Waals surface area contributed by atoms with E-state index in [0.717, 1.165) is 22.3 Å². The Bertz CT molecular complexity index is 588. The number of amides is 1. The molecule has 0 aliphatic carbocycles. The maximum absolute atomic E-state index is 12.3. The van der Waals surface area contributed by atoms with Crippen molar-refractivity contribution in [3.8, 4) is 0 Å². The highest BCUT2D eigenvalue weighted by atomic mass is 16.2. The lowest BCUT2D eigenvalue weighted by atomic mass is 10.1. The molecule has 1 unspecified atom stereocenters. The van der Waals surface area contributed by atoms with E-state index in [2.05, 4.69) is 4.98 Å². The summed E-state index contributed by atoms with van der Waals surface area (Å²) < 4.78 is 0. The predicted molar refractivity (Wildman–Crippen MR) is 79.3 cm³/mol. The molecule has 0 spiro atoms. The van der Waals surface area contributed by atoms with Gasteiger partial charge in [0, 0.05) is 30.1 Å². The summed E-state index contributed by atoms with van der Waals surface area (Å²) in [5, 5.41) is 1.08. The zero-order chi connectivity index (χ0) is 14.0. The predicted octanol–water partition coefficient (Wildman–Crippen LogP) is 2.42. The number of carbonyl (C=O) groups is 1. The molecule has 2 aromatic rings. The van der Waals surface area contributed by atoms with Gasteiger partial charge < -0.3 is 15.6 Å². The fourth-order valence-corrected chi connectivity index (χ4v) is 2.34. The zero-order valence-electron chi connectivity index (χ0n) is 11.7. The summed E-state index contributed by atoms with van der Waals surface area (Å²) in [6, 6.07) is 8.03. The van der Waals surface area contributed by atoms with Crippen LogP contribution < -0.4 is 10.6 Å². The monoisotopic (exact) mass is 259 g/mol. The number of carbonyl (C=O) groups excluding carboxylic acids is 1. The van der Waals surface area contributed by atoms with Crippen molar-refractivity contribution in [2.24, 2.45) is 11.7 Å². The van der Waals surface area contributed by atoms with Crippen LogP contribution in [0.4, 0.5) is 5.69 Å². The van der Waals surface area contributed by atoms with Gasteiger partial charge in [-0.25, -0.2) is 0 Å². The molecule has 3 N–H and O–H groups in total. The van der Waals surface area contributed by atoms with Gasteiger partial charge in [-0.2, -0.15) is 0 Å². The van der Waals surface area contributed by atoms with E-state index in [4.69, 9.17) is 5.73 Å². The number of aromatic amines is 1. The first-order chi connectivity index (χ1) is 9.04. The number of hydrogen-bond donors (Lipinski definition) is 2. The number of anilines is 1. The van der Waals surface area contributed by atoms with Crippen LogP contribution in [0.1, 0.15) is 19.0 Å². The Balaban J connectivity index is 2.33. The number of nitrogens with two attached hydrogens (primary N) is 1. The van der Waals surface area contributed by atoms with Crippen molar-refractivity contribution in [3.63, 3.8) is 0 Å². The molecule has 0 bridgehead atoms. The molecular formula is C15H21N3O. The Morgan fingerprint density at radius 2 is 2.11 bits per heavy atom. The fraction of sp³-hybridized carbons (Fsp3) is 0.400. The second-order valence-electron chi connectivity index (χ2n) is 5.14. The summed E-state index contributed by atoms with van der Waals surface area (Å²) >= 11 is 0. The Morgan fingerprint density at radius 1 is 1.42 bits per heavy atom. The number of benzene rings is 1. The van der Waals surface area contributed by atoms with Gasteiger partial charge >= 0.3 is 0 Å². The van der Waals surface area contributed by atoms with E-state index in [1.807, 2.05) is 45.2 Å². The number of nitrogens with zero attached hydrogens (tertiary/aromatic N) is 1. The SMILES string of the molecule is Cc1[nH]c2ccccc2c1N(C)C(=O)CC(C)CN. The van der Waals surface area contributed by atoms with Gasteiger partial charge in [-0.1, -0.05) is 25.1 Å². The number of hydrogen-bond acceptors (Lipinski definition) is 2. The highest BCUT2D eigenvalue weighted by molar-refractivity contribution is 6.04. The lowest BCUT2D eigenvalue weighted by Gasteiger charge is -2.19. The lowest BCUT2D eigenvalue weighted by Crippen LogP contribution is -2.29. The van der Waals surface area contributed by atoms with Crippen molar-refractivity contribution in [2.75, 3.05) is 18.5 Å². The number of H-pyrrole nitrogens is 1. The van der Waals surface area contributed by atoms with Gasteiger partial charge in [0.2, 0.25) is 5.91 Å². The summed E-state index contributed by atoms with van der Waals surface area (Å²) in [6.45, 7) is 4.52. The minimum absolute atomic E-state index is 0.103. The number of fused-ring (bicyclic) bond motifs is 1. The van der Waals surface area contributed by atoms with E-state index >= 15 is 0 Å². The van der Waals surface area contributed by atoms with E-state index in [0.29, 0.717) is 13.0 Å². The van der Waals surface area contributed by atoms with Crippen molar-refractivity contribution in [2.45, 2.75) is 20.3 Å². The van der Waals surface area contributed by atoms with Gasteiger partial charge in [-0.05, 0) is 25.5 Å². The van der Waals surface area contributed by atoms with Crippen LogP contribution in [0.3, 0.4) is 0 Å². The van der Waals surface area contributed by atoms with Crippen molar-refractivity contribution in [1.29, 1.82) is 0 Å². The Hall–Kier alpha value is -1.81. The van der Waals surface area contributed by atoms with E-state index in [1.54, 1.807) is 4.90 Å². The van der Waals surface area contributed by atoms with Crippen LogP contribution in [-0.2, 0) is 4.79 Å². The molecule has 0 aliphatic rings. The average Bonchev–Trinajstić information content (AvgIpc) is 2.73. The first kappa shape index (κ1) is 13.6. The lowest BCUT2D eigenvalue weighted by molar-refractivity contribution is -0.119. The summed E-state index contributed by atoms with van der Waals surface area (Å²) in [5.74, 6) is 0.311. The average molecular weight is 259 g/mol. The molecule has 1 atom stereocenters. The summed E-state index contributed by atoms with van der Waals surface area (Å²) in [6.07, 6.45) is 0.478. The number of para-hydroxylation sites is 1. The van der Waals surface area contributed by atoms with Crippen LogP contribution in [0.25, 0.3) is 10.9 Å². The van der Waals surface area contributed by atoms with Crippen LogP contribution in [0, 0.1) is 12.8 Å². The molecule has 1 aromatic carbocycles. The minimum atomic E-state index is 0.103. The minimum Gasteiger partial charge on any atom is -0.357 e. The van der Waals surface area contributed by atoms with Gasteiger partial charge in [0.05, 0.1) is 5.69 Å². The van der Waals surface area contributed by atoms with Crippen molar-refractivity contribution in [3.05, 3.63) is 30.0 Å². The zero-order valence-corrected chi connectivity index (χ0v) is 11.7. The van der Waals surface area contributed by atoms with Crippen LogP contribution in [0.2, 0.25) is 0 Å². The van der Waals surface area contributed by atoms with Crippen LogP contribution in [0.15, 0.2) is 24.3 Å². The molecule has 0 saturated heterocycles. The van der Waals surface area contributed by atoms with E-state index < -0.39 is 0 Å². The molecule has 2 rings (SSSR count). The standard InChI is InChI=1S/C15H21N3O/c1-10(9-16)8-14(19)18(3)15-11(2)17-13-7-5-4-6-12(13)15/h4-7,10,17H,8-9,16H2,1-3H3. The smallest absolute Gasteiger partial charge is 0.227 e. The summed E-state index contributed by atoms with van der Waals surface area (Å²) in [5.41, 5.74) is 8.61. The summed E-state index contributed by atoms with van der Waals surface area (Å²) in [7, 11) is 1.83. The molecule has 1 amide bonds. The highest BCUT2D eigenvalue weighted by Crippen LogP contribution is 2.30. The van der Waals surface area contributed by atoms with Crippen molar-refractivity contribution in [1.82, 2.24) is 4.98 Å². The van der Waals surface area contributed by atoms with Crippen LogP contribution in [-0.4, -0.2) is 24.5 Å². The van der Waals surface area contributed by atoms with Crippen LogP contribution in [0.5, 0.6) is 0 Å². The second kappa shape index (κ2) is 5.45. The van der Waals surface area contributed by atoms with Gasteiger partial charge in [0.1, 0.15) is 0 Å². The summed E-state index contributed by atoms with van der Waals surface area (Å²) in [4.78, 5) is 17.3. The quantitative estimate of drug-likeness (QED) is 0.885. The number of aromatic nitrogens is 1. The van der Waals surface area contributed by atoms with Crippen LogP contribution >= 0.6 is 0 Å². The van der Waals surface area contributed by atoms with Gasteiger partial charge in [0.25, 0.3) is 0 Å². The normalized spacial score (nSPS) is 12.6. The second-order valence-corrected chi connectivity index (χ2v) is 5.14. The molecular weight excluding hydrogens is 238 g/mol. The third kappa shape index (κ3) is 2.63. The number of nitrogens with one attached hydrogen (secondary N) is 1. The third-order valence-corrected chi connectivity index (χ3v) is 3.49. The molecule has 4 heteroatoms. The van der Waals surface area contributed by atoms with Gasteiger partial charge in [-0.3, -0.25) is 4.79 Å². The molecule has 0 radical (unpaired) electrons. The number of rotatable bonds is 4. The fourth-order valence-electron chi connectivity index (χ4n) is 2.34. The maximum Gasteiger partial charge on any atom is 0.227 e. The molecule has 0 fully saturated rings. The first-order valence-corrected chi connectivity index (χ1v) is 6.58. The van der Waals surface area contributed by atoms with E-state index in [-0.39, 0.29) is 11.8 Å². The highest BCUT2D eigenvalue weighted by Gasteiger charge is 2.19. The maximum atomic E-state index is 12.3. The molecule has 1 aromatic heterocycles. The molecule has 19 heavy (non-hydrogen) atoms. The van der Waals surface area contributed by atoms with E-state index in [9.17, 15) is 4.79 Å². The van der Waals surface area contributed by atoms with Gasteiger partial charge in [-0.15, -0.1) is 0 Å². The molecule has 4 nitrogen and oxygen atoms in total. The van der Waals surface area contributed by atoms with Gasteiger partial charge in [0.15, 0.2) is 0 Å². The third-order valence-electron chi connectivity index (χ3n) is 3.49. The molecule has 0 aliphatic heterocycles. The first-order valence-electron chi connectivity index (χ1n) is 6.58. The molecule has 0 saturated carbocycles. The Kier molecular flexibility index (Phi) is 3.90. The topological polar surface area (TPSA) is 62.1 Å².